The summed E-state index contributed by atoms with van der Waals surface area (Å²) in [6.07, 6.45) is 2.17. The largest absolute Gasteiger partial charge is 0.389 e. The Bertz CT molecular complexity index is 223. The van der Waals surface area contributed by atoms with Gasteiger partial charge in [-0.1, -0.05) is 20.8 Å². The van der Waals surface area contributed by atoms with Gasteiger partial charge >= 0.3 is 0 Å². The molecule has 0 radical (unpaired) electrons. The maximum absolute atomic E-state index is 10.3. The minimum Gasteiger partial charge on any atom is -0.389 e. The molecule has 0 spiro atoms. The molecular weight excluding hydrogens is 136 g/mol. The highest BCUT2D eigenvalue weighted by Gasteiger charge is 2.85. The SMILES string of the molecule is CC12[C@H]3CC(O)(C[C@@H]31)C2(C)C. The van der Waals surface area contributed by atoms with Crippen LogP contribution >= 0.6 is 0 Å². The maximum Gasteiger partial charge on any atom is 0.0709 e. The third-order valence-corrected chi connectivity index (χ3v) is 5.54. The van der Waals surface area contributed by atoms with Crippen LogP contribution in [0.1, 0.15) is 33.6 Å². The van der Waals surface area contributed by atoms with Crippen LogP contribution in [0.15, 0.2) is 0 Å². The van der Waals surface area contributed by atoms with Crippen molar-refractivity contribution in [3.05, 3.63) is 0 Å². The summed E-state index contributed by atoms with van der Waals surface area (Å²) >= 11 is 0. The van der Waals surface area contributed by atoms with Gasteiger partial charge in [-0.25, -0.2) is 0 Å². The summed E-state index contributed by atoms with van der Waals surface area (Å²) in [5, 5.41) is 10.3. The summed E-state index contributed by atoms with van der Waals surface area (Å²) in [7, 11) is 0. The van der Waals surface area contributed by atoms with Gasteiger partial charge in [0.05, 0.1) is 5.60 Å². The van der Waals surface area contributed by atoms with E-state index in [-0.39, 0.29) is 11.0 Å². The maximum atomic E-state index is 10.3. The van der Waals surface area contributed by atoms with E-state index in [9.17, 15) is 5.11 Å². The van der Waals surface area contributed by atoms with Gasteiger partial charge in [0.2, 0.25) is 0 Å². The molecule has 1 N–H and O–H groups in total. The van der Waals surface area contributed by atoms with E-state index in [1.54, 1.807) is 0 Å². The fourth-order valence-electron chi connectivity index (χ4n) is 4.16. The molecule has 0 aliphatic heterocycles. The van der Waals surface area contributed by atoms with Crippen molar-refractivity contribution in [3.63, 3.8) is 0 Å². The smallest absolute Gasteiger partial charge is 0.0709 e. The summed E-state index contributed by atoms with van der Waals surface area (Å²) in [4.78, 5) is 0. The van der Waals surface area contributed by atoms with E-state index >= 15 is 0 Å². The summed E-state index contributed by atoms with van der Waals surface area (Å²) in [5.41, 5.74) is 0.397. The first kappa shape index (κ1) is 6.47. The number of hydrogen-bond donors (Lipinski definition) is 1. The van der Waals surface area contributed by atoms with Crippen molar-refractivity contribution in [2.24, 2.45) is 22.7 Å². The zero-order valence-electron chi connectivity index (χ0n) is 7.52. The molecule has 0 unspecified atom stereocenters. The summed E-state index contributed by atoms with van der Waals surface area (Å²) in [6.45, 7) is 6.87. The lowest BCUT2D eigenvalue weighted by Crippen LogP contribution is -2.39. The molecule has 4 fully saturated rings. The molecule has 11 heavy (non-hydrogen) atoms. The molecule has 2 atom stereocenters. The Labute approximate surface area is 67.8 Å². The highest BCUT2D eigenvalue weighted by atomic mass is 16.3. The van der Waals surface area contributed by atoms with E-state index in [0.717, 1.165) is 24.7 Å². The second-order valence-electron chi connectivity index (χ2n) is 5.56. The quantitative estimate of drug-likeness (QED) is 0.561. The van der Waals surface area contributed by atoms with Crippen LogP contribution in [-0.2, 0) is 0 Å². The van der Waals surface area contributed by atoms with Crippen LogP contribution in [0.4, 0.5) is 0 Å². The average Bonchev–Trinajstić information content (AvgIpc) is 2.20. The number of rotatable bonds is 0. The normalized spacial score (nSPS) is 68.7. The lowest BCUT2D eigenvalue weighted by Gasteiger charge is -2.36. The molecule has 4 aliphatic rings. The van der Waals surface area contributed by atoms with Gasteiger partial charge in [-0.15, -0.1) is 0 Å². The van der Waals surface area contributed by atoms with Gasteiger partial charge in [0.1, 0.15) is 0 Å². The Morgan fingerprint density at radius 1 is 1.09 bits per heavy atom. The van der Waals surface area contributed by atoms with Crippen LogP contribution in [0.25, 0.3) is 0 Å². The first-order valence-corrected chi connectivity index (χ1v) is 4.66. The van der Waals surface area contributed by atoms with Crippen molar-refractivity contribution in [3.8, 4) is 0 Å². The molecule has 0 amide bonds. The zero-order chi connectivity index (χ0) is 8.07. The van der Waals surface area contributed by atoms with E-state index in [0.29, 0.717) is 5.41 Å². The lowest BCUT2D eigenvalue weighted by atomic mass is 9.73. The van der Waals surface area contributed by atoms with Gasteiger partial charge in [0, 0.05) is 0 Å². The van der Waals surface area contributed by atoms with Crippen LogP contribution in [0, 0.1) is 22.7 Å². The second-order valence-corrected chi connectivity index (χ2v) is 5.56. The van der Waals surface area contributed by atoms with Crippen molar-refractivity contribution in [2.45, 2.75) is 39.2 Å². The third kappa shape index (κ3) is 0.358. The molecule has 4 aliphatic carbocycles. The second kappa shape index (κ2) is 1.19. The first-order valence-electron chi connectivity index (χ1n) is 4.66. The Hall–Kier alpha value is -0.0400. The molecule has 1 nitrogen and oxygen atoms in total. The van der Waals surface area contributed by atoms with Crippen LogP contribution < -0.4 is 0 Å². The molecule has 0 saturated heterocycles. The molecule has 0 aromatic carbocycles. The lowest BCUT2D eigenvalue weighted by molar-refractivity contribution is -0.0395. The summed E-state index contributed by atoms with van der Waals surface area (Å²) in [5.74, 6) is 1.73. The molecule has 0 aromatic heterocycles. The summed E-state index contributed by atoms with van der Waals surface area (Å²) in [6, 6.07) is 0. The summed E-state index contributed by atoms with van der Waals surface area (Å²) < 4.78 is 0. The predicted octanol–water partition coefficient (Wildman–Crippen LogP) is 1.80. The van der Waals surface area contributed by atoms with Crippen LogP contribution in [-0.4, -0.2) is 10.7 Å². The minimum atomic E-state index is -0.295. The fourth-order valence-corrected chi connectivity index (χ4v) is 4.16. The van der Waals surface area contributed by atoms with Crippen LogP contribution in [0.3, 0.4) is 0 Å². The van der Waals surface area contributed by atoms with E-state index in [4.69, 9.17) is 0 Å². The van der Waals surface area contributed by atoms with Crippen molar-refractivity contribution < 1.29 is 5.11 Å². The highest BCUT2D eigenvalue weighted by Crippen LogP contribution is 2.87. The molecule has 4 rings (SSSR count). The monoisotopic (exact) mass is 152 g/mol. The van der Waals surface area contributed by atoms with Gasteiger partial charge in [0.25, 0.3) is 0 Å². The Morgan fingerprint density at radius 2 is 1.55 bits per heavy atom. The Morgan fingerprint density at radius 3 is 1.64 bits per heavy atom. The van der Waals surface area contributed by atoms with Crippen molar-refractivity contribution in [1.82, 2.24) is 0 Å². The molecule has 4 saturated carbocycles. The van der Waals surface area contributed by atoms with Crippen LogP contribution in [0.5, 0.6) is 0 Å². The van der Waals surface area contributed by atoms with E-state index in [2.05, 4.69) is 20.8 Å². The molecule has 1 heteroatoms. The standard InChI is InChI=1S/C10H16O/c1-8(2)9(3)6-4-10(8,11)5-7(6)9/h6-7,11H,4-5H2,1-3H3/t6-,7-,9?,10?/m0/s1. The van der Waals surface area contributed by atoms with Crippen molar-refractivity contribution in [2.75, 3.05) is 0 Å². The predicted molar refractivity (Wildman–Crippen MR) is 43.1 cm³/mol. The van der Waals surface area contributed by atoms with Crippen molar-refractivity contribution >= 4 is 0 Å². The van der Waals surface area contributed by atoms with Gasteiger partial charge in [0.15, 0.2) is 0 Å². The Kier molecular flexibility index (Phi) is 0.698. The van der Waals surface area contributed by atoms with E-state index in [1.165, 1.54) is 0 Å². The molecule has 62 valence electrons. The zero-order valence-corrected chi connectivity index (χ0v) is 7.52. The van der Waals surface area contributed by atoms with Crippen LogP contribution in [0.2, 0.25) is 0 Å². The van der Waals surface area contributed by atoms with E-state index < -0.39 is 0 Å². The Balaban J connectivity index is 2.20. The van der Waals surface area contributed by atoms with Crippen molar-refractivity contribution in [1.29, 1.82) is 0 Å². The van der Waals surface area contributed by atoms with E-state index in [1.807, 2.05) is 0 Å². The number of hydrogen-bond acceptors (Lipinski definition) is 1. The number of aliphatic hydroxyl groups is 1. The molecule has 0 heterocycles. The van der Waals surface area contributed by atoms with Gasteiger partial charge in [-0.05, 0) is 35.5 Å². The van der Waals surface area contributed by atoms with Gasteiger partial charge < -0.3 is 5.11 Å². The topological polar surface area (TPSA) is 20.2 Å². The molecule has 4 bridgehead atoms. The average molecular weight is 152 g/mol. The molecule has 0 aromatic rings. The third-order valence-electron chi connectivity index (χ3n) is 5.54. The molecular formula is C10H16O. The van der Waals surface area contributed by atoms with Gasteiger partial charge in [-0.2, -0.15) is 0 Å². The fraction of sp³-hybridized carbons (Fsp3) is 1.00. The van der Waals surface area contributed by atoms with Gasteiger partial charge in [-0.3, -0.25) is 0 Å². The first-order chi connectivity index (χ1) is 4.93. The highest BCUT2D eigenvalue weighted by molar-refractivity contribution is 5.34. The minimum absolute atomic E-state index is 0.190.